The normalized spacial score (nSPS) is 21.0. The number of aromatic nitrogens is 1. The summed E-state index contributed by atoms with van der Waals surface area (Å²) in [6, 6.07) is 9.48. The number of amides is 1. The molecule has 1 saturated carbocycles. The topological polar surface area (TPSA) is 98.6 Å². The minimum Gasteiger partial charge on any atom is -0.494 e. The van der Waals surface area contributed by atoms with Crippen LogP contribution < -0.4 is 10.1 Å². The maximum atomic E-state index is 13.0. The Hall–Kier alpha value is -3.02. The number of Topliss-reactive ketones (excluding diaryl/α,β-unsaturated/α-hetero) is 1. The SMILES string of the molecule is CC(C)(C)N1CCN(CCCOc2ccc3nccc(C(=O)NCC(=O)C4CCC[C@H]4C#N)c3c2)CC1. The number of carbonyl (C=O) groups is 2. The predicted molar refractivity (Wildman–Crippen MR) is 143 cm³/mol. The van der Waals surface area contributed by atoms with Gasteiger partial charge >= 0.3 is 0 Å². The fourth-order valence-corrected chi connectivity index (χ4v) is 5.43. The van der Waals surface area contributed by atoms with Crippen LogP contribution in [0.2, 0.25) is 0 Å². The Morgan fingerprint density at radius 1 is 1.16 bits per heavy atom. The first-order chi connectivity index (χ1) is 17.8. The number of ketones is 1. The smallest absolute Gasteiger partial charge is 0.252 e. The van der Waals surface area contributed by atoms with E-state index < -0.39 is 0 Å². The molecule has 8 heteroatoms. The van der Waals surface area contributed by atoms with Gasteiger partial charge in [0.1, 0.15) is 5.75 Å². The minimum absolute atomic E-state index is 0.0638. The first kappa shape index (κ1) is 27.0. The van der Waals surface area contributed by atoms with E-state index in [1.807, 2.05) is 18.2 Å². The van der Waals surface area contributed by atoms with Gasteiger partial charge in [-0.15, -0.1) is 0 Å². The molecular weight excluding hydrogens is 466 g/mol. The first-order valence-corrected chi connectivity index (χ1v) is 13.5. The van der Waals surface area contributed by atoms with Crippen LogP contribution in [-0.2, 0) is 4.79 Å². The second-order valence-electron chi connectivity index (χ2n) is 11.2. The van der Waals surface area contributed by atoms with Gasteiger partial charge in [-0.25, -0.2) is 0 Å². The fraction of sp³-hybridized carbons (Fsp3) is 0.586. The van der Waals surface area contributed by atoms with Crippen LogP contribution in [0.1, 0.15) is 56.8 Å². The second kappa shape index (κ2) is 12.0. The van der Waals surface area contributed by atoms with Crippen molar-refractivity contribution in [3.05, 3.63) is 36.0 Å². The Morgan fingerprint density at radius 2 is 1.95 bits per heavy atom. The van der Waals surface area contributed by atoms with E-state index in [0.29, 0.717) is 28.8 Å². The summed E-state index contributed by atoms with van der Waals surface area (Å²) in [6.07, 6.45) is 4.89. The molecule has 0 radical (unpaired) electrons. The molecule has 0 spiro atoms. The van der Waals surface area contributed by atoms with E-state index in [4.69, 9.17) is 4.74 Å². The lowest BCUT2D eigenvalue weighted by Gasteiger charge is -2.42. The molecule has 1 aliphatic heterocycles. The van der Waals surface area contributed by atoms with Gasteiger partial charge in [-0.1, -0.05) is 6.42 Å². The number of piperazine rings is 1. The van der Waals surface area contributed by atoms with Crippen molar-refractivity contribution in [2.45, 2.75) is 52.0 Å². The third-order valence-electron chi connectivity index (χ3n) is 7.68. The number of nitrogens with zero attached hydrogens (tertiary/aromatic N) is 4. The third kappa shape index (κ3) is 6.85. The Morgan fingerprint density at radius 3 is 2.68 bits per heavy atom. The number of carbonyl (C=O) groups excluding carboxylic acids is 2. The molecule has 2 aliphatic rings. The van der Waals surface area contributed by atoms with Crippen molar-refractivity contribution in [1.82, 2.24) is 20.1 Å². The highest BCUT2D eigenvalue weighted by Gasteiger charge is 2.32. The van der Waals surface area contributed by atoms with E-state index in [9.17, 15) is 14.9 Å². The van der Waals surface area contributed by atoms with Crippen molar-refractivity contribution in [2.75, 3.05) is 45.9 Å². The number of benzene rings is 1. The molecule has 1 N–H and O–H groups in total. The first-order valence-electron chi connectivity index (χ1n) is 13.5. The van der Waals surface area contributed by atoms with Gasteiger partial charge in [-0.3, -0.25) is 19.5 Å². The maximum absolute atomic E-state index is 13.0. The lowest BCUT2D eigenvalue weighted by Crippen LogP contribution is -2.53. The Balaban J connectivity index is 1.29. The molecule has 0 bridgehead atoms. The molecule has 37 heavy (non-hydrogen) atoms. The number of ether oxygens (including phenoxy) is 1. The fourth-order valence-electron chi connectivity index (χ4n) is 5.43. The number of hydrogen-bond acceptors (Lipinski definition) is 7. The van der Waals surface area contributed by atoms with Crippen molar-refractivity contribution in [3.8, 4) is 11.8 Å². The van der Waals surface area contributed by atoms with Crippen molar-refractivity contribution in [3.63, 3.8) is 0 Å². The van der Waals surface area contributed by atoms with Crippen LogP contribution in [0.25, 0.3) is 10.9 Å². The van der Waals surface area contributed by atoms with Gasteiger partial charge in [-0.2, -0.15) is 5.26 Å². The van der Waals surface area contributed by atoms with Crippen molar-refractivity contribution < 1.29 is 14.3 Å². The summed E-state index contributed by atoms with van der Waals surface area (Å²) < 4.78 is 6.02. The van der Waals surface area contributed by atoms with Crippen LogP contribution in [-0.4, -0.2) is 77.9 Å². The van der Waals surface area contributed by atoms with Gasteiger partial charge in [-0.05, 0) is 64.3 Å². The van der Waals surface area contributed by atoms with E-state index in [1.165, 1.54) is 0 Å². The Bertz CT molecular complexity index is 1140. The highest BCUT2D eigenvalue weighted by Crippen LogP contribution is 2.31. The quantitative estimate of drug-likeness (QED) is 0.519. The number of fused-ring (bicyclic) bond motifs is 1. The Labute approximate surface area is 220 Å². The average Bonchev–Trinajstić information content (AvgIpc) is 3.38. The van der Waals surface area contributed by atoms with E-state index in [0.717, 1.165) is 58.4 Å². The Kier molecular flexibility index (Phi) is 8.78. The highest BCUT2D eigenvalue weighted by molar-refractivity contribution is 6.07. The van der Waals surface area contributed by atoms with E-state index in [-0.39, 0.29) is 35.6 Å². The van der Waals surface area contributed by atoms with E-state index in [2.05, 4.69) is 46.9 Å². The molecule has 1 aromatic heterocycles. The summed E-state index contributed by atoms with van der Waals surface area (Å²) in [5, 5.41) is 12.7. The van der Waals surface area contributed by atoms with Crippen LogP contribution in [0.4, 0.5) is 0 Å². The largest absolute Gasteiger partial charge is 0.494 e. The lowest BCUT2D eigenvalue weighted by molar-refractivity contribution is -0.122. The predicted octanol–water partition coefficient (Wildman–Crippen LogP) is 3.66. The van der Waals surface area contributed by atoms with Crippen LogP contribution in [0.3, 0.4) is 0 Å². The average molecular weight is 506 g/mol. The van der Waals surface area contributed by atoms with Crippen molar-refractivity contribution in [2.24, 2.45) is 11.8 Å². The number of hydrogen-bond donors (Lipinski definition) is 1. The molecule has 2 heterocycles. The van der Waals surface area contributed by atoms with Crippen LogP contribution in [0, 0.1) is 23.2 Å². The number of nitriles is 1. The molecule has 2 atom stereocenters. The summed E-state index contributed by atoms with van der Waals surface area (Å²) in [4.78, 5) is 34.9. The molecule has 1 aliphatic carbocycles. The van der Waals surface area contributed by atoms with E-state index >= 15 is 0 Å². The molecule has 198 valence electrons. The van der Waals surface area contributed by atoms with Crippen molar-refractivity contribution in [1.29, 1.82) is 5.26 Å². The molecule has 1 amide bonds. The second-order valence-corrected chi connectivity index (χ2v) is 11.2. The molecule has 1 unspecified atom stereocenters. The van der Waals surface area contributed by atoms with Gasteiger partial charge in [0.25, 0.3) is 5.91 Å². The molecule has 2 aromatic rings. The zero-order valence-corrected chi connectivity index (χ0v) is 22.3. The van der Waals surface area contributed by atoms with Gasteiger partial charge in [0.15, 0.2) is 5.78 Å². The van der Waals surface area contributed by atoms with Gasteiger partial charge in [0.2, 0.25) is 0 Å². The van der Waals surface area contributed by atoms with Crippen LogP contribution in [0.5, 0.6) is 5.75 Å². The molecule has 4 rings (SSSR count). The molecule has 1 saturated heterocycles. The maximum Gasteiger partial charge on any atom is 0.252 e. The van der Waals surface area contributed by atoms with Crippen molar-refractivity contribution >= 4 is 22.6 Å². The van der Waals surface area contributed by atoms with Gasteiger partial charge in [0.05, 0.1) is 36.2 Å². The lowest BCUT2D eigenvalue weighted by atomic mass is 9.93. The third-order valence-corrected chi connectivity index (χ3v) is 7.68. The number of nitrogens with one attached hydrogen (secondary N) is 1. The molecule has 2 fully saturated rings. The zero-order valence-electron chi connectivity index (χ0n) is 22.3. The standard InChI is InChI=1S/C29H39N5O3/c1-29(2,3)34-15-13-33(14-16-34)12-5-17-37-22-8-9-26-25(18-22)24(10-11-31-26)28(36)32-20-27(35)23-7-4-6-21(23)19-30/h8-11,18,21,23H,4-7,12-17,20H2,1-3H3,(H,32,36)/t21-,23?/m0/s1. The summed E-state index contributed by atoms with van der Waals surface area (Å²) in [5.74, 6) is -0.204. The van der Waals surface area contributed by atoms with Crippen LogP contribution in [0.15, 0.2) is 30.5 Å². The number of pyridine rings is 1. The minimum atomic E-state index is -0.321. The zero-order chi connectivity index (χ0) is 26.4. The molecule has 1 aromatic carbocycles. The highest BCUT2D eigenvalue weighted by atomic mass is 16.5. The van der Waals surface area contributed by atoms with Crippen LogP contribution >= 0.6 is 0 Å². The van der Waals surface area contributed by atoms with Gasteiger partial charge in [0, 0.05) is 55.8 Å². The number of rotatable bonds is 9. The summed E-state index contributed by atoms with van der Waals surface area (Å²) in [7, 11) is 0. The monoisotopic (exact) mass is 505 g/mol. The molecular formula is C29H39N5O3. The summed E-state index contributed by atoms with van der Waals surface area (Å²) in [6.45, 7) is 12.7. The molecule has 8 nitrogen and oxygen atoms in total. The summed E-state index contributed by atoms with van der Waals surface area (Å²) in [5.41, 5.74) is 1.38. The summed E-state index contributed by atoms with van der Waals surface area (Å²) >= 11 is 0. The van der Waals surface area contributed by atoms with Gasteiger partial charge < -0.3 is 15.0 Å². The van der Waals surface area contributed by atoms with E-state index in [1.54, 1.807) is 12.3 Å².